The second-order valence-corrected chi connectivity index (χ2v) is 7.76. The fourth-order valence-corrected chi connectivity index (χ4v) is 3.76. The van der Waals surface area contributed by atoms with Crippen LogP contribution >= 0.6 is 0 Å². The smallest absolute Gasteiger partial charge is 0.335 e. The molecule has 0 saturated carbocycles. The number of carbonyl (C=O) groups is 2. The van der Waals surface area contributed by atoms with E-state index in [0.717, 1.165) is 11.3 Å². The fraction of sp³-hybridized carbons (Fsp3) is 0.273. The van der Waals surface area contributed by atoms with Crippen LogP contribution in [0.1, 0.15) is 35.7 Å². The molecule has 2 aromatic rings. The highest BCUT2D eigenvalue weighted by Crippen LogP contribution is 2.29. The lowest BCUT2D eigenvalue weighted by Gasteiger charge is -2.20. The summed E-state index contributed by atoms with van der Waals surface area (Å²) >= 11 is -2.44. The highest BCUT2D eigenvalue weighted by atomic mass is 32.2. The molecule has 0 heterocycles. The summed E-state index contributed by atoms with van der Waals surface area (Å²) in [7, 11) is 0. The van der Waals surface area contributed by atoms with Gasteiger partial charge in [-0.2, -0.15) is 0 Å². The van der Waals surface area contributed by atoms with Crippen LogP contribution in [0.2, 0.25) is 0 Å². The number of hydrogen-bond acceptors (Lipinski definition) is 6. The predicted molar refractivity (Wildman–Crippen MR) is 118 cm³/mol. The molecular formula is C22H24N3O5S-. The molecule has 0 aliphatic heterocycles. The third-order valence-electron chi connectivity index (χ3n) is 4.83. The minimum Gasteiger partial charge on any atom is -0.755 e. The number of rotatable bonds is 8. The largest absolute Gasteiger partial charge is 0.755 e. The molecule has 1 aliphatic carbocycles. The van der Waals surface area contributed by atoms with Gasteiger partial charge in [-0.25, -0.2) is 4.79 Å². The number of ether oxygens (including phenoxy) is 1. The van der Waals surface area contributed by atoms with Crippen LogP contribution in [0.5, 0.6) is 0 Å². The topological polar surface area (TPSA) is 120 Å². The van der Waals surface area contributed by atoms with E-state index in [1.165, 1.54) is 24.3 Å². The van der Waals surface area contributed by atoms with Crippen molar-refractivity contribution in [2.24, 2.45) is 0 Å². The Balaban J connectivity index is 1.82. The Morgan fingerprint density at radius 1 is 1.16 bits per heavy atom. The Morgan fingerprint density at radius 3 is 2.55 bits per heavy atom. The van der Waals surface area contributed by atoms with Crippen molar-refractivity contribution in [1.29, 1.82) is 0 Å². The Labute approximate surface area is 183 Å². The Kier molecular flexibility index (Phi) is 7.43. The molecule has 3 rings (SSSR count). The van der Waals surface area contributed by atoms with Crippen molar-refractivity contribution in [3.8, 4) is 0 Å². The molecule has 8 nitrogen and oxygen atoms in total. The minimum atomic E-state index is -2.44. The van der Waals surface area contributed by atoms with Crippen molar-refractivity contribution in [2.45, 2.75) is 32.7 Å². The minimum absolute atomic E-state index is 0.245. The summed E-state index contributed by atoms with van der Waals surface area (Å²) in [4.78, 5) is 25.3. The average molecular weight is 443 g/mol. The highest BCUT2D eigenvalue weighted by Gasteiger charge is 2.31. The van der Waals surface area contributed by atoms with Crippen molar-refractivity contribution >= 4 is 34.5 Å². The van der Waals surface area contributed by atoms with Gasteiger partial charge in [-0.3, -0.25) is 9.00 Å². The molecule has 1 amide bonds. The van der Waals surface area contributed by atoms with Gasteiger partial charge < -0.3 is 24.6 Å². The van der Waals surface area contributed by atoms with Crippen molar-refractivity contribution in [3.63, 3.8) is 0 Å². The Hall–Kier alpha value is -3.17. The molecule has 0 aromatic heterocycles. The molecule has 0 radical (unpaired) electrons. The maximum atomic E-state index is 12.8. The molecule has 3 N–H and O–H groups in total. The number of nitrogens with one attached hydrogen (secondary N) is 3. The van der Waals surface area contributed by atoms with E-state index in [4.69, 9.17) is 4.74 Å². The van der Waals surface area contributed by atoms with Crippen LogP contribution in [0.4, 0.5) is 11.4 Å². The fourth-order valence-electron chi connectivity index (χ4n) is 3.43. The van der Waals surface area contributed by atoms with Gasteiger partial charge in [0.2, 0.25) is 0 Å². The quantitative estimate of drug-likeness (QED) is 0.427. The summed E-state index contributed by atoms with van der Waals surface area (Å²) < 4.78 is 28.9. The zero-order valence-corrected chi connectivity index (χ0v) is 18.1. The number of esters is 1. The van der Waals surface area contributed by atoms with Gasteiger partial charge in [0.15, 0.2) is 0 Å². The molecule has 2 atom stereocenters. The zero-order chi connectivity index (χ0) is 22.4. The summed E-state index contributed by atoms with van der Waals surface area (Å²) in [6.45, 7) is 3.97. The van der Waals surface area contributed by atoms with Gasteiger partial charge in [0.05, 0.1) is 23.9 Å². The summed E-state index contributed by atoms with van der Waals surface area (Å²) in [6, 6.07) is 13.6. The van der Waals surface area contributed by atoms with Gasteiger partial charge >= 0.3 is 5.97 Å². The summed E-state index contributed by atoms with van der Waals surface area (Å²) in [5.74, 6) is -0.839. The van der Waals surface area contributed by atoms with Gasteiger partial charge in [0, 0.05) is 28.2 Å². The number of hydrogen-bond donors (Lipinski definition) is 3. The molecule has 164 valence electrons. The third-order valence-corrected chi connectivity index (χ3v) is 5.24. The normalized spacial score (nSPS) is 16.5. The first kappa shape index (κ1) is 22.5. The zero-order valence-electron chi connectivity index (χ0n) is 17.3. The van der Waals surface area contributed by atoms with Crippen LogP contribution < -0.4 is 15.4 Å². The molecular weight excluding hydrogens is 418 g/mol. The monoisotopic (exact) mass is 442 g/mol. The summed E-state index contributed by atoms with van der Waals surface area (Å²) in [5.41, 5.74) is 3.60. The second kappa shape index (κ2) is 10.2. The van der Waals surface area contributed by atoms with Crippen LogP contribution in [0.15, 0.2) is 59.8 Å². The molecule has 31 heavy (non-hydrogen) atoms. The number of carbonyl (C=O) groups excluding carboxylic acids is 2. The Morgan fingerprint density at radius 2 is 1.90 bits per heavy atom. The highest BCUT2D eigenvalue weighted by molar-refractivity contribution is 7.80. The third kappa shape index (κ3) is 5.93. The Bertz CT molecular complexity index is 1020. The number of benzene rings is 2. The number of amides is 1. The van der Waals surface area contributed by atoms with Gasteiger partial charge in [-0.05, 0) is 68.7 Å². The van der Waals surface area contributed by atoms with Gasteiger partial charge in [0.25, 0.3) is 5.91 Å². The molecule has 0 bridgehead atoms. The molecule has 1 aliphatic rings. The molecule has 2 unspecified atom stereocenters. The first-order valence-corrected chi connectivity index (χ1v) is 11.0. The van der Waals surface area contributed by atoms with Gasteiger partial charge in [-0.1, -0.05) is 12.1 Å². The van der Waals surface area contributed by atoms with E-state index in [2.05, 4.69) is 15.4 Å². The SMILES string of the molecule is CCOC(=O)C1=C(NC(=O)c2ccc(NS(=O)[O-])cc2)C(Nc2cccc(C)c2)CC1. The van der Waals surface area contributed by atoms with Crippen LogP contribution in [0, 0.1) is 6.92 Å². The van der Waals surface area contributed by atoms with Crippen LogP contribution in [-0.4, -0.2) is 33.3 Å². The lowest BCUT2D eigenvalue weighted by molar-refractivity contribution is -0.138. The molecule has 9 heteroatoms. The van der Waals surface area contributed by atoms with E-state index in [0.29, 0.717) is 35.4 Å². The number of aryl methyl sites for hydroxylation is 1. The first-order chi connectivity index (χ1) is 14.9. The van der Waals surface area contributed by atoms with Crippen LogP contribution in [0.3, 0.4) is 0 Å². The van der Waals surface area contributed by atoms with Crippen LogP contribution in [0.25, 0.3) is 0 Å². The molecule has 2 aromatic carbocycles. The predicted octanol–water partition coefficient (Wildman–Crippen LogP) is 3.02. The van der Waals surface area contributed by atoms with E-state index in [1.54, 1.807) is 6.92 Å². The van der Waals surface area contributed by atoms with E-state index in [1.807, 2.05) is 31.2 Å². The summed E-state index contributed by atoms with van der Waals surface area (Å²) in [6.07, 6.45) is 1.12. The maximum Gasteiger partial charge on any atom is 0.335 e. The van der Waals surface area contributed by atoms with E-state index in [-0.39, 0.29) is 12.6 Å². The van der Waals surface area contributed by atoms with E-state index >= 15 is 0 Å². The molecule has 0 spiro atoms. The van der Waals surface area contributed by atoms with Crippen LogP contribution in [-0.2, 0) is 20.8 Å². The van der Waals surface area contributed by atoms with Crippen molar-refractivity contribution in [2.75, 3.05) is 16.6 Å². The first-order valence-electron chi connectivity index (χ1n) is 9.88. The molecule has 0 fully saturated rings. The van der Waals surface area contributed by atoms with Crippen molar-refractivity contribution in [3.05, 3.63) is 70.9 Å². The van der Waals surface area contributed by atoms with Gasteiger partial charge in [-0.15, -0.1) is 0 Å². The van der Waals surface area contributed by atoms with Crippen molar-refractivity contribution < 1.29 is 23.1 Å². The lowest BCUT2D eigenvalue weighted by Crippen LogP contribution is -2.33. The molecule has 0 saturated heterocycles. The maximum absolute atomic E-state index is 12.8. The van der Waals surface area contributed by atoms with Crippen molar-refractivity contribution in [1.82, 2.24) is 5.32 Å². The van der Waals surface area contributed by atoms with E-state index < -0.39 is 23.1 Å². The van der Waals surface area contributed by atoms with E-state index in [9.17, 15) is 18.4 Å². The standard InChI is InChI=1S/C22H25N3O5S/c1-3-30-22(27)18-11-12-19(23-17-6-4-5-14(2)13-17)20(18)24-21(26)15-7-9-16(10-8-15)25-31(28)29/h4-10,13,19,23,25H,3,11-12H2,1-2H3,(H,24,26)(H,28,29)/p-1. The van der Waals surface area contributed by atoms with Gasteiger partial charge in [0.1, 0.15) is 0 Å². The summed E-state index contributed by atoms with van der Waals surface area (Å²) in [5, 5.41) is 6.25. The second-order valence-electron chi connectivity index (χ2n) is 7.09. The lowest BCUT2D eigenvalue weighted by atomic mass is 10.1. The average Bonchev–Trinajstić information content (AvgIpc) is 3.10. The number of anilines is 2.